The summed E-state index contributed by atoms with van der Waals surface area (Å²) >= 11 is 3.31. The van der Waals surface area contributed by atoms with E-state index in [-0.39, 0.29) is 5.82 Å². The van der Waals surface area contributed by atoms with Gasteiger partial charge in [0.05, 0.1) is 12.1 Å². The second-order valence-corrected chi connectivity index (χ2v) is 4.34. The Morgan fingerprint density at radius 2 is 2.12 bits per heavy atom. The van der Waals surface area contributed by atoms with Crippen LogP contribution in [0.1, 0.15) is 5.76 Å². The molecule has 1 aromatic carbocycles. The molecular formula is C12H11BrFNO. The van der Waals surface area contributed by atoms with Crippen LogP contribution in [0.4, 0.5) is 4.39 Å². The normalized spacial score (nSPS) is 10.7. The van der Waals surface area contributed by atoms with Crippen LogP contribution in [0.5, 0.6) is 0 Å². The largest absolute Gasteiger partial charge is 0.460 e. The summed E-state index contributed by atoms with van der Waals surface area (Å²) in [4.78, 5) is 0. The molecule has 0 aliphatic heterocycles. The lowest BCUT2D eigenvalue weighted by atomic mass is 10.1. The minimum atomic E-state index is -0.284. The number of benzene rings is 1. The fourth-order valence-electron chi connectivity index (χ4n) is 1.48. The highest BCUT2D eigenvalue weighted by molar-refractivity contribution is 9.10. The van der Waals surface area contributed by atoms with Gasteiger partial charge in [0.15, 0.2) is 0 Å². The third kappa shape index (κ3) is 2.33. The molecule has 0 saturated heterocycles. The quantitative estimate of drug-likeness (QED) is 0.932. The van der Waals surface area contributed by atoms with Crippen molar-refractivity contribution in [3.8, 4) is 11.3 Å². The van der Waals surface area contributed by atoms with Gasteiger partial charge < -0.3 is 9.73 Å². The predicted octanol–water partition coefficient (Wildman–Crippen LogP) is 3.57. The van der Waals surface area contributed by atoms with Gasteiger partial charge in [0.25, 0.3) is 0 Å². The van der Waals surface area contributed by atoms with Crippen molar-refractivity contribution in [2.24, 2.45) is 0 Å². The monoisotopic (exact) mass is 283 g/mol. The topological polar surface area (TPSA) is 25.2 Å². The third-order valence-electron chi connectivity index (χ3n) is 2.21. The molecule has 0 atom stereocenters. The van der Waals surface area contributed by atoms with Crippen LogP contribution in [0, 0.1) is 5.82 Å². The number of furan rings is 1. The molecule has 0 aliphatic rings. The van der Waals surface area contributed by atoms with Gasteiger partial charge in [0, 0.05) is 4.47 Å². The molecular weight excluding hydrogens is 273 g/mol. The lowest BCUT2D eigenvalue weighted by Gasteiger charge is -2.00. The van der Waals surface area contributed by atoms with Crippen molar-refractivity contribution in [1.82, 2.24) is 5.32 Å². The molecule has 0 spiro atoms. The zero-order chi connectivity index (χ0) is 11.5. The molecule has 0 fully saturated rings. The summed E-state index contributed by atoms with van der Waals surface area (Å²) in [5.74, 6) is 1.05. The van der Waals surface area contributed by atoms with Gasteiger partial charge in [-0.25, -0.2) is 4.39 Å². The molecule has 0 saturated carbocycles. The number of hydrogen-bond donors (Lipinski definition) is 1. The minimum Gasteiger partial charge on any atom is -0.460 e. The van der Waals surface area contributed by atoms with Crippen LogP contribution < -0.4 is 5.32 Å². The van der Waals surface area contributed by atoms with Crippen molar-refractivity contribution < 1.29 is 8.81 Å². The zero-order valence-electron chi connectivity index (χ0n) is 8.76. The Morgan fingerprint density at radius 3 is 2.88 bits per heavy atom. The second-order valence-electron chi connectivity index (χ2n) is 3.42. The molecule has 4 heteroatoms. The highest BCUT2D eigenvalue weighted by atomic mass is 79.9. The molecule has 0 bridgehead atoms. The van der Waals surface area contributed by atoms with Gasteiger partial charge in [0.2, 0.25) is 0 Å². The summed E-state index contributed by atoms with van der Waals surface area (Å²) in [5.41, 5.74) is 0.469. The standard InChI is InChI=1S/C12H11BrFNO/c1-15-7-9-3-5-12(16-9)10-6-8(13)2-4-11(10)14/h2-6,15H,7H2,1H3. The number of hydrogen-bond acceptors (Lipinski definition) is 2. The number of halogens is 2. The maximum Gasteiger partial charge on any atom is 0.137 e. The van der Waals surface area contributed by atoms with Gasteiger partial charge in [-0.15, -0.1) is 0 Å². The average Bonchev–Trinajstić information content (AvgIpc) is 2.71. The Kier molecular flexibility index (Phi) is 3.41. The maximum absolute atomic E-state index is 13.6. The molecule has 2 aromatic rings. The molecule has 0 radical (unpaired) electrons. The zero-order valence-corrected chi connectivity index (χ0v) is 10.3. The predicted molar refractivity (Wildman–Crippen MR) is 64.6 cm³/mol. The summed E-state index contributed by atoms with van der Waals surface area (Å²) in [6.45, 7) is 0.635. The van der Waals surface area contributed by atoms with Crippen LogP contribution in [-0.4, -0.2) is 7.05 Å². The van der Waals surface area contributed by atoms with E-state index < -0.39 is 0 Å². The van der Waals surface area contributed by atoms with Crippen molar-refractivity contribution in [3.63, 3.8) is 0 Å². The highest BCUT2D eigenvalue weighted by Crippen LogP contribution is 2.27. The van der Waals surface area contributed by atoms with Gasteiger partial charge in [-0.2, -0.15) is 0 Å². The van der Waals surface area contributed by atoms with Crippen molar-refractivity contribution in [2.45, 2.75) is 6.54 Å². The van der Waals surface area contributed by atoms with E-state index in [1.165, 1.54) is 6.07 Å². The Morgan fingerprint density at radius 1 is 1.31 bits per heavy atom. The summed E-state index contributed by atoms with van der Waals surface area (Å²) in [7, 11) is 1.84. The fourth-order valence-corrected chi connectivity index (χ4v) is 1.84. The van der Waals surface area contributed by atoms with Gasteiger partial charge in [0.1, 0.15) is 17.3 Å². The molecule has 0 amide bonds. The SMILES string of the molecule is CNCc1ccc(-c2cc(Br)ccc2F)o1. The third-order valence-corrected chi connectivity index (χ3v) is 2.70. The molecule has 2 rings (SSSR count). The van der Waals surface area contributed by atoms with Crippen LogP contribution in [-0.2, 0) is 6.54 Å². The Labute approximate surface area is 102 Å². The summed E-state index contributed by atoms with van der Waals surface area (Å²) in [5, 5.41) is 2.98. The first-order chi connectivity index (χ1) is 7.70. The lowest BCUT2D eigenvalue weighted by Crippen LogP contribution is -2.03. The molecule has 1 N–H and O–H groups in total. The summed E-state index contributed by atoms with van der Waals surface area (Å²) in [6, 6.07) is 8.40. The van der Waals surface area contributed by atoms with Gasteiger partial charge >= 0.3 is 0 Å². The molecule has 0 unspecified atom stereocenters. The van der Waals surface area contributed by atoms with Crippen molar-refractivity contribution >= 4 is 15.9 Å². The highest BCUT2D eigenvalue weighted by Gasteiger charge is 2.09. The van der Waals surface area contributed by atoms with E-state index in [0.717, 1.165) is 10.2 Å². The fraction of sp³-hybridized carbons (Fsp3) is 0.167. The summed E-state index contributed by atoms with van der Waals surface area (Å²) < 4.78 is 19.9. The van der Waals surface area contributed by atoms with Gasteiger partial charge in [-0.05, 0) is 37.4 Å². The van der Waals surface area contributed by atoms with E-state index in [0.29, 0.717) is 17.9 Å². The lowest BCUT2D eigenvalue weighted by molar-refractivity contribution is 0.503. The van der Waals surface area contributed by atoms with E-state index in [2.05, 4.69) is 21.2 Å². The van der Waals surface area contributed by atoms with E-state index in [4.69, 9.17) is 4.42 Å². The van der Waals surface area contributed by atoms with E-state index in [1.54, 1.807) is 18.2 Å². The van der Waals surface area contributed by atoms with E-state index >= 15 is 0 Å². The van der Waals surface area contributed by atoms with E-state index in [9.17, 15) is 4.39 Å². The molecule has 1 aromatic heterocycles. The van der Waals surface area contributed by atoms with Crippen LogP contribution in [0.25, 0.3) is 11.3 Å². The molecule has 2 nitrogen and oxygen atoms in total. The smallest absolute Gasteiger partial charge is 0.137 e. The Bertz CT molecular complexity index is 496. The first-order valence-electron chi connectivity index (χ1n) is 4.89. The molecule has 0 aliphatic carbocycles. The van der Waals surface area contributed by atoms with Crippen LogP contribution in [0.15, 0.2) is 39.2 Å². The Hall–Kier alpha value is -1.13. The van der Waals surface area contributed by atoms with Gasteiger partial charge in [-0.1, -0.05) is 15.9 Å². The van der Waals surface area contributed by atoms with Crippen LogP contribution >= 0.6 is 15.9 Å². The van der Waals surface area contributed by atoms with Crippen molar-refractivity contribution in [1.29, 1.82) is 0 Å². The molecule has 1 heterocycles. The maximum atomic E-state index is 13.6. The van der Waals surface area contributed by atoms with Crippen molar-refractivity contribution in [2.75, 3.05) is 7.05 Å². The first kappa shape index (κ1) is 11.4. The molecule has 84 valence electrons. The number of nitrogens with one attached hydrogen (secondary N) is 1. The van der Waals surface area contributed by atoms with E-state index in [1.807, 2.05) is 13.1 Å². The van der Waals surface area contributed by atoms with Gasteiger partial charge in [-0.3, -0.25) is 0 Å². The summed E-state index contributed by atoms with van der Waals surface area (Å²) in [6.07, 6.45) is 0. The number of rotatable bonds is 3. The van der Waals surface area contributed by atoms with Crippen LogP contribution in [0.3, 0.4) is 0 Å². The Balaban J connectivity index is 2.38. The molecule has 16 heavy (non-hydrogen) atoms. The minimum absolute atomic E-state index is 0.284. The van der Waals surface area contributed by atoms with Crippen LogP contribution in [0.2, 0.25) is 0 Å². The second kappa shape index (κ2) is 4.80. The van der Waals surface area contributed by atoms with Crippen molar-refractivity contribution in [3.05, 3.63) is 46.4 Å². The average molecular weight is 284 g/mol. The first-order valence-corrected chi connectivity index (χ1v) is 5.69.